The zero-order valence-electron chi connectivity index (χ0n) is 18.4. The van der Waals surface area contributed by atoms with E-state index in [1.54, 1.807) is 0 Å². The molecule has 1 aliphatic heterocycles. The highest BCUT2D eigenvalue weighted by molar-refractivity contribution is 6.03. The van der Waals surface area contributed by atoms with Crippen LogP contribution in [-0.4, -0.2) is 11.8 Å². The lowest BCUT2D eigenvalue weighted by atomic mass is 9.75. The predicted octanol–water partition coefficient (Wildman–Crippen LogP) is 5.52. The van der Waals surface area contributed by atoms with E-state index in [1.165, 1.54) is 5.56 Å². The number of Topliss-reactive ketones (excluding diaryl/α,β-unsaturated/α-hetero) is 1. The lowest BCUT2D eigenvalue weighted by Crippen LogP contribution is -2.34. The first kappa shape index (κ1) is 21.1. The van der Waals surface area contributed by atoms with Crippen LogP contribution in [0.5, 0.6) is 0 Å². The number of ketones is 1. The molecule has 4 heteroatoms. The van der Waals surface area contributed by atoms with E-state index in [0.717, 1.165) is 40.9 Å². The van der Waals surface area contributed by atoms with E-state index in [2.05, 4.69) is 43.4 Å². The third-order valence-corrected chi connectivity index (χ3v) is 6.15. The molecule has 0 saturated heterocycles. The van der Waals surface area contributed by atoms with Gasteiger partial charge in [-0.1, -0.05) is 68.4 Å². The van der Waals surface area contributed by atoms with Crippen LogP contribution in [0.2, 0.25) is 0 Å². The summed E-state index contributed by atoms with van der Waals surface area (Å²) in [4.78, 5) is 26.2. The lowest BCUT2D eigenvalue weighted by Gasteiger charge is -2.34. The van der Waals surface area contributed by atoms with Gasteiger partial charge in [0.15, 0.2) is 5.78 Å². The SMILES string of the molecule is CC1=C(C(=O)OCc2ccccc2)[C@@H](c2ccc(C(C)C)cc2)C2=C(CCCC2=O)N1. The molecule has 2 aromatic carbocycles. The molecular weight excluding hydrogens is 386 g/mol. The minimum atomic E-state index is -0.395. The Morgan fingerprint density at radius 1 is 1.06 bits per heavy atom. The number of rotatable bonds is 5. The predicted molar refractivity (Wildman–Crippen MR) is 121 cm³/mol. The quantitative estimate of drug-likeness (QED) is 0.653. The molecule has 2 aromatic rings. The fourth-order valence-corrected chi connectivity index (χ4v) is 4.46. The Labute approximate surface area is 184 Å². The second kappa shape index (κ2) is 8.93. The van der Waals surface area contributed by atoms with Gasteiger partial charge >= 0.3 is 5.97 Å². The minimum absolute atomic E-state index is 0.118. The number of esters is 1. The van der Waals surface area contributed by atoms with E-state index in [9.17, 15) is 9.59 Å². The Bertz CT molecular complexity index is 1050. The summed E-state index contributed by atoms with van der Waals surface area (Å²) in [6, 6.07) is 17.9. The first-order chi connectivity index (χ1) is 15.0. The molecule has 4 rings (SSSR count). The smallest absolute Gasteiger partial charge is 0.337 e. The van der Waals surface area contributed by atoms with Crippen LogP contribution in [0.25, 0.3) is 0 Å². The van der Waals surface area contributed by atoms with Gasteiger partial charge in [-0.25, -0.2) is 4.79 Å². The van der Waals surface area contributed by atoms with Crippen molar-refractivity contribution in [3.05, 3.63) is 93.8 Å². The van der Waals surface area contributed by atoms with E-state index in [-0.39, 0.29) is 18.4 Å². The molecule has 1 aliphatic carbocycles. The molecular formula is C27H29NO3. The van der Waals surface area contributed by atoms with Crippen LogP contribution in [0, 0.1) is 0 Å². The van der Waals surface area contributed by atoms with Gasteiger partial charge in [-0.2, -0.15) is 0 Å². The van der Waals surface area contributed by atoms with Gasteiger partial charge in [0.1, 0.15) is 6.61 Å². The Morgan fingerprint density at radius 2 is 1.77 bits per heavy atom. The highest BCUT2D eigenvalue weighted by atomic mass is 16.5. The summed E-state index contributed by atoms with van der Waals surface area (Å²) >= 11 is 0. The number of hydrogen-bond acceptors (Lipinski definition) is 4. The molecule has 2 aliphatic rings. The topological polar surface area (TPSA) is 55.4 Å². The van der Waals surface area contributed by atoms with Crippen molar-refractivity contribution in [2.24, 2.45) is 0 Å². The van der Waals surface area contributed by atoms with Crippen LogP contribution in [-0.2, 0) is 20.9 Å². The summed E-state index contributed by atoms with van der Waals surface area (Å²) in [7, 11) is 0. The van der Waals surface area contributed by atoms with Crippen LogP contribution in [0.4, 0.5) is 0 Å². The molecule has 0 fully saturated rings. The summed E-state index contributed by atoms with van der Waals surface area (Å²) < 4.78 is 5.70. The van der Waals surface area contributed by atoms with Crippen LogP contribution < -0.4 is 5.32 Å². The Balaban J connectivity index is 1.70. The molecule has 160 valence electrons. The molecule has 0 saturated carbocycles. The molecule has 1 heterocycles. The van der Waals surface area contributed by atoms with Crippen molar-refractivity contribution in [2.45, 2.75) is 58.5 Å². The monoisotopic (exact) mass is 415 g/mol. The zero-order valence-corrected chi connectivity index (χ0v) is 18.4. The molecule has 0 radical (unpaired) electrons. The highest BCUT2D eigenvalue weighted by Crippen LogP contribution is 2.42. The minimum Gasteiger partial charge on any atom is -0.457 e. The van der Waals surface area contributed by atoms with E-state index < -0.39 is 5.92 Å². The van der Waals surface area contributed by atoms with Gasteiger partial charge in [0.2, 0.25) is 0 Å². The number of carbonyl (C=O) groups excluding carboxylic acids is 2. The second-order valence-electron chi connectivity index (χ2n) is 8.65. The zero-order chi connectivity index (χ0) is 22.0. The van der Waals surface area contributed by atoms with Crippen molar-refractivity contribution in [1.29, 1.82) is 0 Å². The lowest BCUT2D eigenvalue weighted by molar-refractivity contribution is -0.140. The molecule has 1 N–H and O–H groups in total. The maximum absolute atomic E-state index is 13.3. The van der Waals surface area contributed by atoms with E-state index in [4.69, 9.17) is 4.74 Å². The summed E-state index contributed by atoms with van der Waals surface area (Å²) in [5, 5.41) is 3.34. The molecule has 31 heavy (non-hydrogen) atoms. The van der Waals surface area contributed by atoms with Gasteiger partial charge in [0.25, 0.3) is 0 Å². The number of ether oxygens (including phenoxy) is 1. The number of nitrogens with one attached hydrogen (secondary N) is 1. The van der Waals surface area contributed by atoms with Gasteiger partial charge in [0, 0.05) is 29.3 Å². The fraction of sp³-hybridized carbons (Fsp3) is 0.333. The standard InChI is InChI=1S/C27H29NO3/c1-17(2)20-12-14-21(15-13-20)25-24(27(30)31-16-19-8-5-4-6-9-19)18(3)28-22-10-7-11-23(29)26(22)25/h4-6,8-9,12-15,17,25,28H,7,10-11,16H2,1-3H3/t25-/m1/s1. The Hall–Kier alpha value is -3.14. The maximum atomic E-state index is 13.3. The van der Waals surface area contributed by atoms with Crippen molar-refractivity contribution in [3.8, 4) is 0 Å². The van der Waals surface area contributed by atoms with Crippen molar-refractivity contribution in [3.63, 3.8) is 0 Å². The van der Waals surface area contributed by atoms with E-state index in [0.29, 0.717) is 17.9 Å². The normalized spacial score (nSPS) is 18.7. The maximum Gasteiger partial charge on any atom is 0.337 e. The summed E-state index contributed by atoms with van der Waals surface area (Å²) in [6.45, 7) is 6.41. The van der Waals surface area contributed by atoms with E-state index >= 15 is 0 Å². The van der Waals surface area contributed by atoms with Crippen molar-refractivity contribution in [1.82, 2.24) is 5.32 Å². The number of hydrogen-bond donors (Lipinski definition) is 1. The number of carbonyl (C=O) groups is 2. The first-order valence-corrected chi connectivity index (χ1v) is 11.0. The second-order valence-corrected chi connectivity index (χ2v) is 8.65. The highest BCUT2D eigenvalue weighted by Gasteiger charge is 2.39. The van der Waals surface area contributed by atoms with Gasteiger partial charge in [-0.3, -0.25) is 4.79 Å². The molecule has 0 spiro atoms. The van der Waals surface area contributed by atoms with Crippen LogP contribution in [0.15, 0.2) is 77.1 Å². The average molecular weight is 416 g/mol. The largest absolute Gasteiger partial charge is 0.457 e. The average Bonchev–Trinajstić information content (AvgIpc) is 2.77. The van der Waals surface area contributed by atoms with Crippen molar-refractivity contribution >= 4 is 11.8 Å². The molecule has 0 aromatic heterocycles. The van der Waals surface area contributed by atoms with Gasteiger partial charge in [-0.05, 0) is 42.4 Å². The third kappa shape index (κ3) is 4.34. The third-order valence-electron chi connectivity index (χ3n) is 6.15. The number of benzene rings is 2. The van der Waals surface area contributed by atoms with E-state index in [1.807, 2.05) is 37.3 Å². The summed E-state index contributed by atoms with van der Waals surface area (Å²) in [5.74, 6) is -0.237. The molecule has 4 nitrogen and oxygen atoms in total. The van der Waals surface area contributed by atoms with Crippen LogP contribution in [0.3, 0.4) is 0 Å². The van der Waals surface area contributed by atoms with Crippen LogP contribution >= 0.6 is 0 Å². The molecule has 0 bridgehead atoms. The Kier molecular flexibility index (Phi) is 6.08. The fourth-order valence-electron chi connectivity index (χ4n) is 4.46. The number of dihydropyridines is 1. The first-order valence-electron chi connectivity index (χ1n) is 11.0. The number of allylic oxidation sites excluding steroid dienone is 3. The summed E-state index contributed by atoms with van der Waals surface area (Å²) in [5.41, 5.74) is 6.10. The molecule has 1 atom stereocenters. The summed E-state index contributed by atoms with van der Waals surface area (Å²) in [6.07, 6.45) is 2.18. The Morgan fingerprint density at radius 3 is 2.45 bits per heavy atom. The molecule has 0 amide bonds. The van der Waals surface area contributed by atoms with Crippen molar-refractivity contribution in [2.75, 3.05) is 0 Å². The van der Waals surface area contributed by atoms with Crippen LogP contribution in [0.1, 0.15) is 68.6 Å². The molecule has 0 unspecified atom stereocenters. The van der Waals surface area contributed by atoms with Gasteiger partial charge < -0.3 is 10.1 Å². The van der Waals surface area contributed by atoms with Gasteiger partial charge in [0.05, 0.1) is 5.57 Å². The van der Waals surface area contributed by atoms with Crippen molar-refractivity contribution < 1.29 is 14.3 Å². The van der Waals surface area contributed by atoms with Gasteiger partial charge in [-0.15, -0.1) is 0 Å².